The Morgan fingerprint density at radius 3 is 2.66 bits per heavy atom. The normalized spacial score (nSPS) is 20.2. The molecular weight excluding hydrogens is 549 g/mol. The number of pyridine rings is 1. The third-order valence-corrected chi connectivity index (χ3v) is 8.12. The van der Waals surface area contributed by atoms with Crippen LogP contribution in [0.4, 0.5) is 10.1 Å². The molecule has 2 aliphatic rings. The monoisotopic (exact) mass is 579 g/mol. The number of carbonyl (C=O) groups is 1. The first-order chi connectivity index (χ1) is 19.5. The van der Waals surface area contributed by atoms with Gasteiger partial charge in [-0.3, -0.25) is 14.2 Å². The van der Waals surface area contributed by atoms with Gasteiger partial charge in [-0.15, -0.1) is 0 Å². The van der Waals surface area contributed by atoms with Crippen molar-refractivity contribution in [2.24, 2.45) is 0 Å². The van der Waals surface area contributed by atoms with Crippen LogP contribution in [-0.4, -0.2) is 77.8 Å². The summed E-state index contributed by atoms with van der Waals surface area (Å²) in [6, 6.07) is 6.74. The standard InChI is InChI=1S/C30H31ClFN5O4/c1-6-24(39)35-12-17(3)36(13-16(35)2)27-19-10-21(31)25(26-22(32)8-7-9-23(26)38)29-28(19)37(30(40)20(27)11-33)18(15-41-29)14-34(4)5/h6-10,16-18,38H,1,12-15H2,2-5H3/t16-,17+,18-/m1/s1. The number of amides is 1. The van der Waals surface area contributed by atoms with Crippen LogP contribution in [-0.2, 0) is 4.79 Å². The van der Waals surface area contributed by atoms with Crippen LogP contribution in [0.1, 0.15) is 25.5 Å². The molecule has 1 saturated heterocycles. The lowest BCUT2D eigenvalue weighted by atomic mass is 9.95. The Kier molecular flexibility index (Phi) is 7.45. The molecule has 3 heterocycles. The number of hydrogen-bond donors (Lipinski definition) is 1. The van der Waals surface area contributed by atoms with Crippen molar-refractivity contribution in [2.75, 3.05) is 45.2 Å². The molecule has 2 aliphatic heterocycles. The fraction of sp³-hybridized carbons (Fsp3) is 0.367. The summed E-state index contributed by atoms with van der Waals surface area (Å²) in [6.45, 7) is 8.62. The minimum atomic E-state index is -0.699. The van der Waals surface area contributed by atoms with Crippen molar-refractivity contribution < 1.29 is 19.0 Å². The van der Waals surface area contributed by atoms with Crippen molar-refractivity contribution in [3.05, 3.63) is 63.7 Å². The van der Waals surface area contributed by atoms with Crippen molar-refractivity contribution in [2.45, 2.75) is 32.0 Å². The SMILES string of the molecule is C=CC(=O)N1C[C@H](C)N(c2c(C#N)c(=O)n3c4c(c(-c5c(O)cccc5F)c(Cl)cc24)OC[C@H]3CN(C)C)C[C@H]1C. The van der Waals surface area contributed by atoms with E-state index in [1.807, 2.05) is 37.7 Å². The highest BCUT2D eigenvalue weighted by molar-refractivity contribution is 6.35. The third-order valence-electron chi connectivity index (χ3n) is 7.82. The molecule has 3 aromatic rings. The summed E-state index contributed by atoms with van der Waals surface area (Å²) >= 11 is 6.84. The second kappa shape index (κ2) is 10.7. The lowest BCUT2D eigenvalue weighted by molar-refractivity contribution is -0.128. The number of rotatable bonds is 5. The summed E-state index contributed by atoms with van der Waals surface area (Å²) in [5.41, 5.74) is 0.202. The molecule has 1 aromatic heterocycles. The van der Waals surface area contributed by atoms with Gasteiger partial charge in [0.1, 0.15) is 29.8 Å². The zero-order valence-corrected chi connectivity index (χ0v) is 24.1. The van der Waals surface area contributed by atoms with Crippen molar-refractivity contribution in [1.82, 2.24) is 14.4 Å². The van der Waals surface area contributed by atoms with Gasteiger partial charge in [0.2, 0.25) is 5.91 Å². The predicted octanol–water partition coefficient (Wildman–Crippen LogP) is 4.14. The highest BCUT2D eigenvalue weighted by Gasteiger charge is 2.38. The number of nitrogens with zero attached hydrogens (tertiary/aromatic N) is 5. The van der Waals surface area contributed by atoms with Gasteiger partial charge in [-0.1, -0.05) is 24.2 Å². The quantitative estimate of drug-likeness (QED) is 0.453. The molecular formula is C30H31ClFN5O4. The van der Waals surface area contributed by atoms with Gasteiger partial charge in [0, 0.05) is 37.1 Å². The minimum absolute atomic E-state index is 0.0470. The molecule has 3 atom stereocenters. The maximum absolute atomic E-state index is 15.2. The van der Waals surface area contributed by atoms with Crippen molar-refractivity contribution in [3.63, 3.8) is 0 Å². The Morgan fingerprint density at radius 2 is 2.02 bits per heavy atom. The van der Waals surface area contributed by atoms with Crippen LogP contribution < -0.4 is 15.2 Å². The average molecular weight is 580 g/mol. The number of benzene rings is 2. The van der Waals surface area contributed by atoms with E-state index in [-0.39, 0.29) is 57.8 Å². The van der Waals surface area contributed by atoms with Crippen LogP contribution in [0.15, 0.2) is 41.7 Å². The summed E-state index contributed by atoms with van der Waals surface area (Å²) in [5, 5.41) is 21.6. The molecule has 0 radical (unpaired) electrons. The second-order valence-electron chi connectivity index (χ2n) is 10.9. The highest BCUT2D eigenvalue weighted by atomic mass is 35.5. The molecule has 9 nitrogen and oxygen atoms in total. The van der Waals surface area contributed by atoms with Crippen molar-refractivity contribution in [1.29, 1.82) is 5.26 Å². The zero-order valence-electron chi connectivity index (χ0n) is 23.3. The minimum Gasteiger partial charge on any atom is -0.507 e. The Morgan fingerprint density at radius 1 is 1.29 bits per heavy atom. The van der Waals surface area contributed by atoms with Crippen LogP contribution in [0, 0.1) is 17.1 Å². The molecule has 214 valence electrons. The first-order valence-corrected chi connectivity index (χ1v) is 13.7. The highest BCUT2D eigenvalue weighted by Crippen LogP contribution is 2.50. The third kappa shape index (κ3) is 4.59. The maximum atomic E-state index is 15.2. The number of piperazine rings is 1. The van der Waals surface area contributed by atoms with Gasteiger partial charge in [-0.25, -0.2) is 4.39 Å². The van der Waals surface area contributed by atoms with Gasteiger partial charge in [-0.2, -0.15) is 5.26 Å². The second-order valence-corrected chi connectivity index (χ2v) is 11.3. The summed E-state index contributed by atoms with van der Waals surface area (Å²) in [5.74, 6) is -1.06. The molecule has 41 heavy (non-hydrogen) atoms. The lowest BCUT2D eigenvalue weighted by Crippen LogP contribution is -2.58. The van der Waals surface area contributed by atoms with Crippen molar-refractivity contribution >= 4 is 34.1 Å². The molecule has 11 heteroatoms. The number of anilines is 1. The van der Waals surface area contributed by atoms with Crippen LogP contribution in [0.2, 0.25) is 5.02 Å². The number of likely N-dealkylation sites (N-methyl/N-ethyl adjacent to an activating group) is 1. The van der Waals surface area contributed by atoms with Gasteiger partial charge >= 0.3 is 0 Å². The van der Waals surface area contributed by atoms with E-state index in [1.54, 1.807) is 15.5 Å². The fourth-order valence-corrected chi connectivity index (χ4v) is 6.34. The average Bonchev–Trinajstić information content (AvgIpc) is 2.92. The van der Waals surface area contributed by atoms with Gasteiger partial charge in [-0.05, 0) is 52.2 Å². The summed E-state index contributed by atoms with van der Waals surface area (Å²) in [7, 11) is 3.74. The fourth-order valence-electron chi connectivity index (χ4n) is 6.05. The number of hydrogen-bond acceptors (Lipinski definition) is 7. The first kappa shape index (κ1) is 28.5. The molecule has 1 fully saturated rings. The Balaban J connectivity index is 1.86. The number of aromatic hydroxyl groups is 1. The van der Waals surface area contributed by atoms with Crippen LogP contribution in [0.3, 0.4) is 0 Å². The molecule has 0 saturated carbocycles. The molecule has 2 aromatic carbocycles. The number of nitriles is 1. The molecule has 0 spiro atoms. The predicted molar refractivity (Wildman–Crippen MR) is 156 cm³/mol. The Hall–Kier alpha value is -4.07. The van der Waals surface area contributed by atoms with Gasteiger partial charge in [0.25, 0.3) is 5.56 Å². The number of aromatic nitrogens is 1. The molecule has 0 unspecified atom stereocenters. The van der Waals surface area contributed by atoms with Crippen LogP contribution in [0.25, 0.3) is 22.0 Å². The number of ether oxygens (including phenoxy) is 1. The lowest BCUT2D eigenvalue weighted by Gasteiger charge is -2.46. The Labute approximate surface area is 242 Å². The van der Waals surface area contributed by atoms with Gasteiger partial charge in [0.15, 0.2) is 5.75 Å². The van der Waals surface area contributed by atoms with E-state index in [0.29, 0.717) is 36.2 Å². The number of phenolic OH excluding ortho intramolecular Hbond substituents is 1. The number of phenols is 1. The van der Waals surface area contributed by atoms with E-state index < -0.39 is 17.4 Å². The summed E-state index contributed by atoms with van der Waals surface area (Å²) < 4.78 is 22.9. The summed E-state index contributed by atoms with van der Waals surface area (Å²) in [4.78, 5) is 32.2. The number of halogens is 2. The van der Waals surface area contributed by atoms with E-state index in [1.165, 1.54) is 24.3 Å². The van der Waals surface area contributed by atoms with E-state index in [0.717, 1.165) is 0 Å². The summed E-state index contributed by atoms with van der Waals surface area (Å²) in [6.07, 6.45) is 1.27. The van der Waals surface area contributed by atoms with E-state index in [2.05, 4.69) is 12.6 Å². The molecule has 0 aliphatic carbocycles. The van der Waals surface area contributed by atoms with Crippen molar-refractivity contribution in [3.8, 4) is 28.7 Å². The van der Waals surface area contributed by atoms with Crippen LogP contribution >= 0.6 is 11.6 Å². The number of carbonyl (C=O) groups excluding carboxylic acids is 1. The topological polar surface area (TPSA) is 102 Å². The largest absolute Gasteiger partial charge is 0.507 e. The van der Waals surface area contributed by atoms with E-state index in [9.17, 15) is 20.0 Å². The smallest absolute Gasteiger partial charge is 0.271 e. The van der Waals surface area contributed by atoms with E-state index in [4.69, 9.17) is 16.3 Å². The Bertz CT molecular complexity index is 1660. The molecule has 0 bridgehead atoms. The molecule has 1 N–H and O–H groups in total. The maximum Gasteiger partial charge on any atom is 0.271 e. The first-order valence-electron chi connectivity index (χ1n) is 13.3. The zero-order chi connectivity index (χ0) is 29.7. The molecule has 1 amide bonds. The van der Waals surface area contributed by atoms with E-state index >= 15 is 4.39 Å². The van der Waals surface area contributed by atoms with Gasteiger partial charge < -0.3 is 24.5 Å². The van der Waals surface area contributed by atoms with Crippen LogP contribution in [0.5, 0.6) is 11.5 Å². The van der Waals surface area contributed by atoms with Gasteiger partial charge in [0.05, 0.1) is 33.4 Å². The molecule has 5 rings (SSSR count).